The lowest BCUT2D eigenvalue weighted by molar-refractivity contribution is 0.101. The van der Waals surface area contributed by atoms with Gasteiger partial charge in [-0.25, -0.2) is 0 Å². The number of Topliss-reactive ketones (excluding diaryl/α,β-unsaturated/α-hetero) is 1. The van der Waals surface area contributed by atoms with Crippen LogP contribution in [0.1, 0.15) is 22.8 Å². The molecule has 0 N–H and O–H groups in total. The van der Waals surface area contributed by atoms with Crippen LogP contribution in [-0.4, -0.2) is 5.78 Å². The van der Waals surface area contributed by atoms with Crippen molar-refractivity contribution in [3.8, 4) is 0 Å². The van der Waals surface area contributed by atoms with Crippen molar-refractivity contribution < 1.29 is 4.79 Å². The maximum atomic E-state index is 11.1. The Hall–Kier alpha value is -0.0900. The van der Waals surface area contributed by atoms with Crippen molar-refractivity contribution in [1.82, 2.24) is 0 Å². The summed E-state index contributed by atoms with van der Waals surface area (Å²) in [4.78, 5) is 11.1. The van der Waals surface area contributed by atoms with Crippen LogP contribution >= 0.6 is 34.2 Å². The van der Waals surface area contributed by atoms with E-state index in [9.17, 15) is 4.79 Å². The molecule has 0 unspecified atom stereocenters. The van der Waals surface area contributed by atoms with E-state index in [0.717, 1.165) is 9.13 Å². The first kappa shape index (κ1) is 9.99. The van der Waals surface area contributed by atoms with Crippen LogP contribution < -0.4 is 0 Å². The third-order valence-electron chi connectivity index (χ3n) is 1.65. The van der Waals surface area contributed by atoms with E-state index in [-0.39, 0.29) is 5.78 Å². The molecule has 0 saturated carbocycles. The van der Waals surface area contributed by atoms with Gasteiger partial charge in [-0.2, -0.15) is 0 Å². The van der Waals surface area contributed by atoms with Gasteiger partial charge in [0, 0.05) is 9.13 Å². The Balaban J connectivity index is 3.33. The smallest absolute Gasteiger partial charge is 0.160 e. The Labute approximate surface area is 90.3 Å². The number of ketones is 1. The molecule has 12 heavy (non-hydrogen) atoms. The van der Waals surface area contributed by atoms with E-state index in [4.69, 9.17) is 11.6 Å². The molecule has 1 aromatic rings. The minimum absolute atomic E-state index is 0.0609. The Kier molecular flexibility index (Phi) is 3.12. The molecule has 0 saturated heterocycles. The van der Waals surface area contributed by atoms with Gasteiger partial charge in [0.15, 0.2) is 5.78 Å². The lowest BCUT2D eigenvalue weighted by Crippen LogP contribution is -1.96. The number of rotatable bonds is 1. The van der Waals surface area contributed by atoms with Crippen LogP contribution in [-0.2, 0) is 0 Å². The standard InChI is InChI=1S/C9H8ClIO/c1-5-3-9(11)8(10)4-7(5)6(2)12/h3-4H,1-2H3. The van der Waals surface area contributed by atoms with Gasteiger partial charge in [-0.1, -0.05) is 11.6 Å². The monoisotopic (exact) mass is 294 g/mol. The molecule has 0 aromatic heterocycles. The summed E-state index contributed by atoms with van der Waals surface area (Å²) >= 11 is 8.02. The molecule has 0 aliphatic carbocycles. The summed E-state index contributed by atoms with van der Waals surface area (Å²) in [7, 11) is 0. The average Bonchev–Trinajstić information content (AvgIpc) is 1.96. The van der Waals surface area contributed by atoms with Gasteiger partial charge in [0.25, 0.3) is 0 Å². The minimum atomic E-state index is 0.0609. The fourth-order valence-corrected chi connectivity index (χ4v) is 1.81. The zero-order chi connectivity index (χ0) is 9.30. The van der Waals surface area contributed by atoms with Crippen LogP contribution in [0.3, 0.4) is 0 Å². The SMILES string of the molecule is CC(=O)c1cc(Cl)c(I)cc1C. The number of hydrogen-bond acceptors (Lipinski definition) is 1. The molecule has 1 nitrogen and oxygen atoms in total. The van der Waals surface area contributed by atoms with Crippen molar-refractivity contribution in [2.75, 3.05) is 0 Å². The Morgan fingerprint density at radius 2 is 2.08 bits per heavy atom. The largest absolute Gasteiger partial charge is 0.295 e. The minimum Gasteiger partial charge on any atom is -0.295 e. The van der Waals surface area contributed by atoms with Gasteiger partial charge in [-0.05, 0) is 54.1 Å². The molecular weight excluding hydrogens is 286 g/mol. The van der Waals surface area contributed by atoms with Crippen LogP contribution in [0.25, 0.3) is 0 Å². The highest BCUT2D eigenvalue weighted by molar-refractivity contribution is 14.1. The average molecular weight is 295 g/mol. The first-order chi connectivity index (χ1) is 5.52. The number of hydrogen-bond donors (Lipinski definition) is 0. The van der Waals surface area contributed by atoms with E-state index >= 15 is 0 Å². The molecule has 0 aliphatic rings. The van der Waals surface area contributed by atoms with Crippen LogP contribution in [0.2, 0.25) is 5.02 Å². The lowest BCUT2D eigenvalue weighted by atomic mass is 10.1. The van der Waals surface area contributed by atoms with E-state index in [0.29, 0.717) is 10.6 Å². The first-order valence-electron chi connectivity index (χ1n) is 3.49. The van der Waals surface area contributed by atoms with Crippen LogP contribution in [0.5, 0.6) is 0 Å². The summed E-state index contributed by atoms with van der Waals surface area (Å²) in [5.41, 5.74) is 1.69. The van der Waals surface area contributed by atoms with Gasteiger partial charge in [0.1, 0.15) is 0 Å². The number of benzene rings is 1. The fourth-order valence-electron chi connectivity index (χ4n) is 1.03. The van der Waals surface area contributed by atoms with Crippen molar-refractivity contribution in [1.29, 1.82) is 0 Å². The third-order valence-corrected chi connectivity index (χ3v) is 3.17. The Morgan fingerprint density at radius 3 is 2.58 bits per heavy atom. The van der Waals surface area contributed by atoms with Crippen molar-refractivity contribution in [3.63, 3.8) is 0 Å². The highest BCUT2D eigenvalue weighted by atomic mass is 127. The molecule has 64 valence electrons. The number of aryl methyl sites for hydroxylation is 1. The molecular formula is C9H8ClIO. The molecule has 0 heterocycles. The van der Waals surface area contributed by atoms with E-state index in [1.165, 1.54) is 0 Å². The summed E-state index contributed by atoms with van der Waals surface area (Å²) in [5, 5.41) is 0.645. The summed E-state index contributed by atoms with van der Waals surface area (Å²) in [6.45, 7) is 3.46. The summed E-state index contributed by atoms with van der Waals surface area (Å²) in [6.07, 6.45) is 0. The van der Waals surface area contributed by atoms with Crippen molar-refractivity contribution >= 4 is 40.0 Å². The molecule has 0 atom stereocenters. The number of halogens is 2. The zero-order valence-electron chi connectivity index (χ0n) is 6.82. The molecule has 1 aromatic carbocycles. The van der Waals surface area contributed by atoms with Gasteiger partial charge in [-0.15, -0.1) is 0 Å². The van der Waals surface area contributed by atoms with Gasteiger partial charge in [0.2, 0.25) is 0 Å². The topological polar surface area (TPSA) is 17.1 Å². The van der Waals surface area contributed by atoms with E-state index in [1.54, 1.807) is 13.0 Å². The van der Waals surface area contributed by atoms with Gasteiger partial charge in [-0.3, -0.25) is 4.79 Å². The molecule has 0 fully saturated rings. The molecule has 1 rings (SSSR count). The maximum absolute atomic E-state index is 11.1. The third kappa shape index (κ3) is 1.98. The predicted molar refractivity (Wildman–Crippen MR) is 58.9 cm³/mol. The van der Waals surface area contributed by atoms with Crippen molar-refractivity contribution in [2.45, 2.75) is 13.8 Å². The van der Waals surface area contributed by atoms with Crippen LogP contribution in [0.4, 0.5) is 0 Å². The molecule has 0 spiro atoms. The second kappa shape index (κ2) is 3.75. The highest BCUT2D eigenvalue weighted by Gasteiger charge is 2.06. The molecule has 0 radical (unpaired) electrons. The van der Waals surface area contributed by atoms with Crippen molar-refractivity contribution in [3.05, 3.63) is 31.9 Å². The maximum Gasteiger partial charge on any atom is 0.160 e. The van der Waals surface area contributed by atoms with Crippen LogP contribution in [0, 0.1) is 10.5 Å². The summed E-state index contributed by atoms with van der Waals surface area (Å²) in [5.74, 6) is 0.0609. The lowest BCUT2D eigenvalue weighted by Gasteiger charge is -2.03. The van der Waals surface area contributed by atoms with E-state index < -0.39 is 0 Å². The zero-order valence-corrected chi connectivity index (χ0v) is 9.73. The molecule has 0 bridgehead atoms. The summed E-state index contributed by atoms with van der Waals surface area (Å²) < 4.78 is 0.983. The van der Waals surface area contributed by atoms with Gasteiger partial charge < -0.3 is 0 Å². The van der Waals surface area contributed by atoms with Crippen molar-refractivity contribution in [2.24, 2.45) is 0 Å². The number of carbonyl (C=O) groups excluding carboxylic acids is 1. The number of carbonyl (C=O) groups is 1. The summed E-state index contributed by atoms with van der Waals surface area (Å²) in [6, 6.07) is 3.64. The second-order valence-electron chi connectivity index (χ2n) is 2.64. The van der Waals surface area contributed by atoms with E-state index in [1.807, 2.05) is 13.0 Å². The fraction of sp³-hybridized carbons (Fsp3) is 0.222. The Morgan fingerprint density at radius 1 is 1.50 bits per heavy atom. The first-order valence-corrected chi connectivity index (χ1v) is 4.94. The molecule has 0 amide bonds. The van der Waals surface area contributed by atoms with Crippen LogP contribution in [0.15, 0.2) is 12.1 Å². The Bertz CT molecular complexity index is 334. The second-order valence-corrected chi connectivity index (χ2v) is 4.21. The molecule has 3 heteroatoms. The van der Waals surface area contributed by atoms with Gasteiger partial charge in [0.05, 0.1) is 5.02 Å². The van der Waals surface area contributed by atoms with E-state index in [2.05, 4.69) is 22.6 Å². The normalized spacial score (nSPS) is 10.0. The predicted octanol–water partition coefficient (Wildman–Crippen LogP) is 3.46. The van der Waals surface area contributed by atoms with Gasteiger partial charge >= 0.3 is 0 Å². The highest BCUT2D eigenvalue weighted by Crippen LogP contribution is 2.22. The quantitative estimate of drug-likeness (QED) is 0.573. The molecule has 0 aliphatic heterocycles.